The number of hydrogen-bond donors (Lipinski definition) is 2. The molecule has 1 amide bonds. The van der Waals surface area contributed by atoms with Crippen LogP contribution in [0.2, 0.25) is 0 Å². The van der Waals surface area contributed by atoms with E-state index in [0.717, 1.165) is 25.7 Å². The van der Waals surface area contributed by atoms with Gasteiger partial charge in [0.2, 0.25) is 5.91 Å². The molecule has 0 heterocycles. The van der Waals surface area contributed by atoms with Crippen LogP contribution in [-0.4, -0.2) is 36.2 Å². The molecular weight excluding hydrogens is 198 g/mol. The van der Waals surface area contributed by atoms with E-state index in [0.29, 0.717) is 0 Å². The summed E-state index contributed by atoms with van der Waals surface area (Å²) < 4.78 is 5.37. The number of carboxylic acids is 1. The molecule has 1 fully saturated rings. The SMILES string of the molecule is O=C(O)CNC(=O)COC1CCCCC1. The van der Waals surface area contributed by atoms with Gasteiger partial charge < -0.3 is 15.2 Å². The van der Waals surface area contributed by atoms with Crippen LogP contribution in [0.1, 0.15) is 32.1 Å². The minimum atomic E-state index is -1.04. The normalized spacial score (nSPS) is 17.3. The highest BCUT2D eigenvalue weighted by Crippen LogP contribution is 2.19. The number of ether oxygens (including phenoxy) is 1. The number of rotatable bonds is 5. The Bertz CT molecular complexity index is 223. The van der Waals surface area contributed by atoms with E-state index in [-0.39, 0.29) is 25.2 Å². The summed E-state index contributed by atoms with van der Waals surface area (Å²) >= 11 is 0. The molecule has 86 valence electrons. The van der Waals surface area contributed by atoms with E-state index >= 15 is 0 Å². The summed E-state index contributed by atoms with van der Waals surface area (Å²) in [5.41, 5.74) is 0. The first-order valence-corrected chi connectivity index (χ1v) is 5.28. The summed E-state index contributed by atoms with van der Waals surface area (Å²) in [4.78, 5) is 21.2. The molecule has 0 atom stereocenters. The smallest absolute Gasteiger partial charge is 0.322 e. The van der Waals surface area contributed by atoms with Crippen molar-refractivity contribution in [2.75, 3.05) is 13.2 Å². The molecule has 2 N–H and O–H groups in total. The minimum absolute atomic E-state index is 0.0298. The monoisotopic (exact) mass is 215 g/mol. The topological polar surface area (TPSA) is 75.6 Å². The lowest BCUT2D eigenvalue weighted by Gasteiger charge is -2.21. The van der Waals surface area contributed by atoms with Crippen molar-refractivity contribution in [3.63, 3.8) is 0 Å². The fourth-order valence-electron chi connectivity index (χ4n) is 1.65. The second-order valence-corrected chi connectivity index (χ2v) is 3.74. The Kier molecular flexibility index (Phi) is 5.10. The standard InChI is InChI=1S/C10H17NO4/c12-9(11-6-10(13)14)7-15-8-4-2-1-3-5-8/h8H,1-7H2,(H,11,12)(H,13,14). The third-order valence-electron chi connectivity index (χ3n) is 2.44. The molecule has 0 aromatic rings. The average molecular weight is 215 g/mol. The largest absolute Gasteiger partial charge is 0.480 e. The van der Waals surface area contributed by atoms with Gasteiger partial charge in [0, 0.05) is 0 Å². The van der Waals surface area contributed by atoms with Crippen molar-refractivity contribution >= 4 is 11.9 Å². The van der Waals surface area contributed by atoms with E-state index in [9.17, 15) is 9.59 Å². The predicted molar refractivity (Wildman–Crippen MR) is 53.5 cm³/mol. The molecule has 0 unspecified atom stereocenters. The summed E-state index contributed by atoms with van der Waals surface area (Å²) in [6, 6.07) is 0. The Morgan fingerprint density at radius 1 is 1.27 bits per heavy atom. The second-order valence-electron chi connectivity index (χ2n) is 3.74. The summed E-state index contributed by atoms with van der Waals surface area (Å²) in [7, 11) is 0. The number of hydrogen-bond acceptors (Lipinski definition) is 3. The number of carboxylic acid groups (broad SMARTS) is 1. The van der Waals surface area contributed by atoms with Crippen LogP contribution in [0.3, 0.4) is 0 Å². The van der Waals surface area contributed by atoms with Gasteiger partial charge in [0.1, 0.15) is 13.2 Å². The van der Waals surface area contributed by atoms with Gasteiger partial charge in [-0.15, -0.1) is 0 Å². The van der Waals surface area contributed by atoms with Crippen LogP contribution in [0.15, 0.2) is 0 Å². The van der Waals surface area contributed by atoms with Gasteiger partial charge in [0.25, 0.3) is 0 Å². The summed E-state index contributed by atoms with van der Waals surface area (Å²) in [5, 5.41) is 10.6. The number of aliphatic carboxylic acids is 1. The Balaban J connectivity index is 2.07. The van der Waals surface area contributed by atoms with Crippen molar-refractivity contribution in [2.45, 2.75) is 38.2 Å². The van der Waals surface area contributed by atoms with Crippen molar-refractivity contribution in [1.29, 1.82) is 0 Å². The van der Waals surface area contributed by atoms with Crippen LogP contribution in [0, 0.1) is 0 Å². The van der Waals surface area contributed by atoms with Crippen LogP contribution in [0.25, 0.3) is 0 Å². The van der Waals surface area contributed by atoms with Crippen molar-refractivity contribution in [3.8, 4) is 0 Å². The Hall–Kier alpha value is -1.10. The first kappa shape index (κ1) is 12.0. The molecule has 1 saturated carbocycles. The summed E-state index contributed by atoms with van der Waals surface area (Å²) in [5.74, 6) is -1.40. The lowest BCUT2D eigenvalue weighted by molar-refractivity contribution is -0.139. The molecule has 0 radical (unpaired) electrons. The maximum Gasteiger partial charge on any atom is 0.322 e. The van der Waals surface area contributed by atoms with Gasteiger partial charge in [-0.25, -0.2) is 0 Å². The molecule has 0 aromatic heterocycles. The van der Waals surface area contributed by atoms with Gasteiger partial charge in [-0.2, -0.15) is 0 Å². The van der Waals surface area contributed by atoms with Crippen LogP contribution in [-0.2, 0) is 14.3 Å². The fourth-order valence-corrected chi connectivity index (χ4v) is 1.65. The molecular formula is C10H17NO4. The average Bonchev–Trinajstić information content (AvgIpc) is 2.25. The third kappa shape index (κ3) is 5.37. The van der Waals surface area contributed by atoms with Crippen molar-refractivity contribution in [3.05, 3.63) is 0 Å². The quantitative estimate of drug-likeness (QED) is 0.701. The van der Waals surface area contributed by atoms with Gasteiger partial charge in [-0.3, -0.25) is 9.59 Å². The van der Waals surface area contributed by atoms with Crippen molar-refractivity contribution in [2.24, 2.45) is 0 Å². The molecule has 1 aliphatic rings. The number of carbonyl (C=O) groups excluding carboxylic acids is 1. The molecule has 0 spiro atoms. The fraction of sp³-hybridized carbons (Fsp3) is 0.800. The molecule has 5 nitrogen and oxygen atoms in total. The van der Waals surface area contributed by atoms with Gasteiger partial charge in [-0.05, 0) is 12.8 Å². The molecule has 1 rings (SSSR count). The van der Waals surface area contributed by atoms with Crippen LogP contribution < -0.4 is 5.32 Å². The first-order chi connectivity index (χ1) is 7.18. The Morgan fingerprint density at radius 2 is 1.93 bits per heavy atom. The zero-order chi connectivity index (χ0) is 11.1. The van der Waals surface area contributed by atoms with E-state index in [1.165, 1.54) is 6.42 Å². The zero-order valence-corrected chi connectivity index (χ0v) is 8.70. The highest BCUT2D eigenvalue weighted by Gasteiger charge is 2.15. The molecule has 0 bridgehead atoms. The minimum Gasteiger partial charge on any atom is -0.480 e. The third-order valence-corrected chi connectivity index (χ3v) is 2.44. The number of amides is 1. The number of nitrogens with one attached hydrogen (secondary N) is 1. The maximum atomic E-state index is 11.1. The van der Waals surface area contributed by atoms with E-state index in [4.69, 9.17) is 9.84 Å². The second kappa shape index (κ2) is 6.40. The molecule has 5 heteroatoms. The molecule has 0 saturated heterocycles. The lowest BCUT2D eigenvalue weighted by atomic mass is 9.98. The van der Waals surface area contributed by atoms with Crippen LogP contribution >= 0.6 is 0 Å². The maximum absolute atomic E-state index is 11.1. The summed E-state index contributed by atoms with van der Waals surface area (Å²) in [6.07, 6.45) is 5.74. The number of carbonyl (C=O) groups is 2. The van der Waals surface area contributed by atoms with E-state index in [1.807, 2.05) is 0 Å². The van der Waals surface area contributed by atoms with Gasteiger partial charge in [-0.1, -0.05) is 19.3 Å². The van der Waals surface area contributed by atoms with E-state index in [2.05, 4.69) is 5.32 Å². The van der Waals surface area contributed by atoms with Gasteiger partial charge in [0.05, 0.1) is 6.10 Å². The van der Waals surface area contributed by atoms with Crippen LogP contribution in [0.4, 0.5) is 0 Å². The summed E-state index contributed by atoms with van der Waals surface area (Å²) in [6.45, 7) is -0.370. The van der Waals surface area contributed by atoms with Crippen molar-refractivity contribution < 1.29 is 19.4 Å². The molecule has 0 aliphatic heterocycles. The predicted octanol–water partition coefficient (Wildman–Crippen LogP) is 0.536. The van der Waals surface area contributed by atoms with Crippen molar-refractivity contribution in [1.82, 2.24) is 5.32 Å². The van der Waals surface area contributed by atoms with E-state index < -0.39 is 5.97 Å². The molecule has 15 heavy (non-hydrogen) atoms. The highest BCUT2D eigenvalue weighted by atomic mass is 16.5. The van der Waals surface area contributed by atoms with Crippen LogP contribution in [0.5, 0.6) is 0 Å². The van der Waals surface area contributed by atoms with Gasteiger partial charge in [0.15, 0.2) is 0 Å². The Labute approximate surface area is 88.8 Å². The Morgan fingerprint density at radius 3 is 2.53 bits per heavy atom. The van der Waals surface area contributed by atoms with Gasteiger partial charge >= 0.3 is 5.97 Å². The first-order valence-electron chi connectivity index (χ1n) is 5.28. The molecule has 0 aromatic carbocycles. The lowest BCUT2D eigenvalue weighted by Crippen LogP contribution is -2.33. The zero-order valence-electron chi connectivity index (χ0n) is 8.70. The highest BCUT2D eigenvalue weighted by molar-refractivity contribution is 5.81. The van der Waals surface area contributed by atoms with E-state index in [1.54, 1.807) is 0 Å². The molecule has 1 aliphatic carbocycles.